The smallest absolute Gasteiger partial charge is 0.0178 e. The van der Waals surface area contributed by atoms with E-state index >= 15 is 0 Å². The second-order valence-corrected chi connectivity index (χ2v) is 5.62. The van der Waals surface area contributed by atoms with Crippen LogP contribution in [0.25, 0.3) is 0 Å². The summed E-state index contributed by atoms with van der Waals surface area (Å²) in [5, 5.41) is 3.47. The van der Waals surface area contributed by atoms with E-state index in [9.17, 15) is 0 Å². The summed E-state index contributed by atoms with van der Waals surface area (Å²) in [4.78, 5) is 0. The molecule has 1 rings (SSSR count). The lowest BCUT2D eigenvalue weighted by Gasteiger charge is -2.10. The van der Waals surface area contributed by atoms with E-state index in [-0.39, 0.29) is 0 Å². The fourth-order valence-corrected chi connectivity index (χ4v) is 2.13. The van der Waals surface area contributed by atoms with Gasteiger partial charge in [-0.2, -0.15) is 0 Å². The Morgan fingerprint density at radius 3 is 2.82 bits per heavy atom. The molecule has 0 aromatic heterocycles. The Morgan fingerprint density at radius 1 is 1.35 bits per heavy atom. The van der Waals surface area contributed by atoms with Crippen LogP contribution in [-0.4, -0.2) is 19.6 Å². The van der Waals surface area contributed by atoms with Crippen molar-refractivity contribution in [1.29, 1.82) is 0 Å². The van der Waals surface area contributed by atoms with Gasteiger partial charge in [-0.05, 0) is 68.6 Å². The van der Waals surface area contributed by atoms with Crippen molar-refractivity contribution in [1.82, 2.24) is 5.32 Å². The highest BCUT2D eigenvalue weighted by Crippen LogP contribution is 2.16. The number of halogens is 1. The normalized spacial score (nSPS) is 12.7. The van der Waals surface area contributed by atoms with Crippen molar-refractivity contribution >= 4 is 15.9 Å². The Morgan fingerprint density at radius 2 is 2.12 bits per heavy atom. The van der Waals surface area contributed by atoms with Gasteiger partial charge in [0.15, 0.2) is 0 Å². The zero-order valence-electron chi connectivity index (χ0n) is 10.8. The molecular formula is C14H23BrN2. The minimum atomic E-state index is 0.620. The summed E-state index contributed by atoms with van der Waals surface area (Å²) in [5.74, 6) is 0.620. The van der Waals surface area contributed by atoms with Crippen LogP contribution in [-0.2, 0) is 6.42 Å². The lowest BCUT2D eigenvalue weighted by molar-refractivity contribution is 0.511. The van der Waals surface area contributed by atoms with Crippen molar-refractivity contribution in [2.24, 2.45) is 11.7 Å². The summed E-state index contributed by atoms with van der Waals surface area (Å²) >= 11 is 3.51. The van der Waals surface area contributed by atoms with Crippen LogP contribution in [0.2, 0.25) is 0 Å². The fourth-order valence-electron chi connectivity index (χ4n) is 1.72. The Labute approximate surface area is 113 Å². The summed E-state index contributed by atoms with van der Waals surface area (Å²) in [5.41, 5.74) is 8.36. The largest absolute Gasteiger partial charge is 0.330 e. The van der Waals surface area contributed by atoms with E-state index in [0.29, 0.717) is 5.92 Å². The first-order chi connectivity index (χ1) is 8.13. The molecule has 0 heterocycles. The van der Waals surface area contributed by atoms with Gasteiger partial charge in [-0.15, -0.1) is 0 Å². The topological polar surface area (TPSA) is 38.0 Å². The molecule has 0 bridgehead atoms. The molecule has 0 amide bonds. The van der Waals surface area contributed by atoms with Crippen LogP contribution >= 0.6 is 15.9 Å². The maximum atomic E-state index is 5.58. The molecule has 0 aliphatic rings. The predicted octanol–water partition coefficient (Wildman–Crippen LogP) is 2.87. The maximum absolute atomic E-state index is 5.58. The van der Waals surface area contributed by atoms with Crippen LogP contribution in [0.1, 0.15) is 24.5 Å². The van der Waals surface area contributed by atoms with Crippen LogP contribution < -0.4 is 11.1 Å². The number of hydrogen-bond donors (Lipinski definition) is 2. The summed E-state index contributed by atoms with van der Waals surface area (Å²) in [6, 6.07) is 6.46. The number of nitrogens with two attached hydrogens (primary N) is 1. The average Bonchev–Trinajstić information content (AvgIpc) is 2.32. The first-order valence-corrected chi connectivity index (χ1v) is 7.08. The minimum Gasteiger partial charge on any atom is -0.330 e. The molecule has 0 saturated carbocycles. The first kappa shape index (κ1) is 14.7. The van der Waals surface area contributed by atoms with Gasteiger partial charge < -0.3 is 11.1 Å². The van der Waals surface area contributed by atoms with Crippen molar-refractivity contribution in [3.05, 3.63) is 33.8 Å². The van der Waals surface area contributed by atoms with E-state index in [2.05, 4.69) is 53.3 Å². The Balaban J connectivity index is 2.24. The van der Waals surface area contributed by atoms with Gasteiger partial charge in [-0.25, -0.2) is 0 Å². The summed E-state index contributed by atoms with van der Waals surface area (Å²) in [6.07, 6.45) is 2.25. The Hall–Kier alpha value is -0.380. The lowest BCUT2D eigenvalue weighted by atomic mass is 10.1. The molecule has 3 heteroatoms. The van der Waals surface area contributed by atoms with Gasteiger partial charge in [0.2, 0.25) is 0 Å². The summed E-state index contributed by atoms with van der Waals surface area (Å²) in [7, 11) is 0. The SMILES string of the molecule is Cc1ccc(Br)cc1CCNCCC(C)CN. The molecule has 0 spiro atoms. The molecule has 3 N–H and O–H groups in total. The van der Waals surface area contributed by atoms with E-state index in [0.717, 1.165) is 36.9 Å². The number of rotatable bonds is 7. The molecule has 1 atom stereocenters. The highest BCUT2D eigenvalue weighted by atomic mass is 79.9. The number of aryl methyl sites for hydroxylation is 1. The van der Waals surface area contributed by atoms with Gasteiger partial charge in [-0.1, -0.05) is 28.9 Å². The van der Waals surface area contributed by atoms with Crippen molar-refractivity contribution < 1.29 is 0 Å². The molecule has 1 aromatic rings. The number of nitrogens with one attached hydrogen (secondary N) is 1. The third kappa shape index (κ3) is 5.66. The zero-order valence-corrected chi connectivity index (χ0v) is 12.4. The van der Waals surface area contributed by atoms with Crippen molar-refractivity contribution in [3.63, 3.8) is 0 Å². The molecule has 0 radical (unpaired) electrons. The lowest BCUT2D eigenvalue weighted by Crippen LogP contribution is -2.22. The van der Waals surface area contributed by atoms with Gasteiger partial charge >= 0.3 is 0 Å². The molecular weight excluding hydrogens is 276 g/mol. The molecule has 1 aromatic carbocycles. The van der Waals surface area contributed by atoms with Crippen LogP contribution in [0, 0.1) is 12.8 Å². The predicted molar refractivity (Wildman–Crippen MR) is 78.3 cm³/mol. The quantitative estimate of drug-likeness (QED) is 0.760. The number of benzene rings is 1. The highest BCUT2D eigenvalue weighted by molar-refractivity contribution is 9.10. The second-order valence-electron chi connectivity index (χ2n) is 4.70. The molecule has 96 valence electrons. The molecule has 0 aliphatic carbocycles. The fraction of sp³-hybridized carbons (Fsp3) is 0.571. The maximum Gasteiger partial charge on any atom is 0.0178 e. The van der Waals surface area contributed by atoms with Crippen molar-refractivity contribution in [3.8, 4) is 0 Å². The van der Waals surface area contributed by atoms with Gasteiger partial charge in [0.05, 0.1) is 0 Å². The Kier molecular flexibility index (Phi) is 6.78. The molecule has 1 unspecified atom stereocenters. The zero-order chi connectivity index (χ0) is 12.7. The minimum absolute atomic E-state index is 0.620. The van der Waals surface area contributed by atoms with E-state index in [1.807, 2.05) is 0 Å². The third-order valence-electron chi connectivity index (χ3n) is 3.10. The molecule has 0 aliphatic heterocycles. The van der Waals surface area contributed by atoms with Crippen LogP contribution in [0.3, 0.4) is 0 Å². The molecule has 0 fully saturated rings. The van der Waals surface area contributed by atoms with Crippen LogP contribution in [0.5, 0.6) is 0 Å². The molecule has 17 heavy (non-hydrogen) atoms. The van der Waals surface area contributed by atoms with E-state index in [1.54, 1.807) is 0 Å². The highest BCUT2D eigenvalue weighted by Gasteiger charge is 2.00. The van der Waals surface area contributed by atoms with E-state index < -0.39 is 0 Å². The summed E-state index contributed by atoms with van der Waals surface area (Å²) < 4.78 is 1.16. The second kappa shape index (κ2) is 7.85. The number of hydrogen-bond acceptors (Lipinski definition) is 2. The molecule has 2 nitrogen and oxygen atoms in total. The van der Waals surface area contributed by atoms with Crippen molar-refractivity contribution in [2.75, 3.05) is 19.6 Å². The van der Waals surface area contributed by atoms with E-state index in [4.69, 9.17) is 5.73 Å². The van der Waals surface area contributed by atoms with Crippen LogP contribution in [0.4, 0.5) is 0 Å². The third-order valence-corrected chi connectivity index (χ3v) is 3.59. The monoisotopic (exact) mass is 298 g/mol. The first-order valence-electron chi connectivity index (χ1n) is 6.29. The van der Waals surface area contributed by atoms with Crippen LogP contribution in [0.15, 0.2) is 22.7 Å². The Bertz CT molecular complexity index is 339. The van der Waals surface area contributed by atoms with Gasteiger partial charge in [0.1, 0.15) is 0 Å². The molecule has 0 saturated heterocycles. The average molecular weight is 299 g/mol. The van der Waals surface area contributed by atoms with Gasteiger partial charge in [0, 0.05) is 4.47 Å². The van der Waals surface area contributed by atoms with E-state index in [1.165, 1.54) is 11.1 Å². The van der Waals surface area contributed by atoms with Gasteiger partial charge in [-0.3, -0.25) is 0 Å². The van der Waals surface area contributed by atoms with Crippen molar-refractivity contribution in [2.45, 2.75) is 26.7 Å². The standard InChI is InChI=1S/C14H23BrN2/c1-11(10-16)5-7-17-8-6-13-9-14(15)4-3-12(13)2/h3-4,9,11,17H,5-8,10,16H2,1-2H3. The summed E-state index contributed by atoms with van der Waals surface area (Å²) in [6.45, 7) is 7.24. The van der Waals surface area contributed by atoms with Gasteiger partial charge in [0.25, 0.3) is 0 Å².